The molecule has 5 heteroatoms. The molecule has 0 bridgehead atoms. The molecule has 0 spiro atoms. The van der Waals surface area contributed by atoms with Crippen LogP contribution in [0, 0.1) is 5.41 Å². The highest BCUT2D eigenvalue weighted by atomic mass is 16.5. The number of benzene rings is 1. The fraction of sp³-hybridized carbons (Fsp3) is 0.571. The minimum atomic E-state index is -0.117. The molecule has 3 heterocycles. The van der Waals surface area contributed by atoms with Gasteiger partial charge in [-0.15, -0.1) is 0 Å². The lowest BCUT2D eigenvalue weighted by molar-refractivity contribution is 0.211. The van der Waals surface area contributed by atoms with Gasteiger partial charge in [0.05, 0.1) is 22.0 Å². The number of imidazole rings is 1. The van der Waals surface area contributed by atoms with Gasteiger partial charge >= 0.3 is 0 Å². The third-order valence-corrected chi connectivity index (χ3v) is 7.67. The number of aromatic nitrogens is 2. The number of hydrogen-bond donors (Lipinski definition) is 1. The summed E-state index contributed by atoms with van der Waals surface area (Å²) in [7, 11) is 0. The number of aliphatic imine (C=N–C) groups is 1. The van der Waals surface area contributed by atoms with Gasteiger partial charge in [-0.1, -0.05) is 35.4 Å². The zero-order valence-corrected chi connectivity index (χ0v) is 20.7. The van der Waals surface area contributed by atoms with E-state index in [0.29, 0.717) is 12.5 Å². The van der Waals surface area contributed by atoms with E-state index in [2.05, 4.69) is 74.0 Å². The van der Waals surface area contributed by atoms with Crippen LogP contribution in [0.2, 0.25) is 0 Å². The molecule has 2 aliphatic heterocycles. The van der Waals surface area contributed by atoms with Crippen molar-refractivity contribution in [2.24, 2.45) is 10.4 Å². The molecule has 1 aliphatic carbocycles. The van der Waals surface area contributed by atoms with Crippen LogP contribution in [0.25, 0.3) is 11.0 Å². The third-order valence-electron chi connectivity index (χ3n) is 7.67. The van der Waals surface area contributed by atoms with E-state index in [1.807, 2.05) is 0 Å². The SMILES string of the molecule is CC1(C)COC(C(C)(C)C2=CC=C(CCN3CCC(c4nc5ccccc5[nH]4)CC3)CC2)=N1. The number of hydrogen-bond acceptors (Lipinski definition) is 4. The van der Waals surface area contributed by atoms with Crippen LogP contribution in [-0.2, 0) is 4.74 Å². The van der Waals surface area contributed by atoms with Gasteiger partial charge in [-0.25, -0.2) is 9.98 Å². The van der Waals surface area contributed by atoms with Gasteiger partial charge in [-0.2, -0.15) is 0 Å². The Balaban J connectivity index is 1.13. The molecule has 2 aromatic rings. The summed E-state index contributed by atoms with van der Waals surface area (Å²) in [6.45, 7) is 13.0. The molecule has 0 unspecified atom stereocenters. The first kappa shape index (κ1) is 22.4. The number of H-pyrrole nitrogens is 1. The number of allylic oxidation sites excluding steroid dienone is 2. The number of aromatic amines is 1. The van der Waals surface area contributed by atoms with Crippen molar-refractivity contribution in [3.63, 3.8) is 0 Å². The second-order valence-corrected chi connectivity index (χ2v) is 11.2. The maximum Gasteiger partial charge on any atom is 0.194 e. The molecule has 3 aliphatic rings. The van der Waals surface area contributed by atoms with Crippen LogP contribution in [0.4, 0.5) is 0 Å². The summed E-state index contributed by atoms with van der Waals surface area (Å²) in [6.07, 6.45) is 10.5. The Morgan fingerprint density at radius 1 is 1.12 bits per heavy atom. The predicted molar refractivity (Wildman–Crippen MR) is 136 cm³/mol. The van der Waals surface area contributed by atoms with E-state index in [1.54, 1.807) is 5.57 Å². The molecule has 0 radical (unpaired) electrons. The topological polar surface area (TPSA) is 53.5 Å². The van der Waals surface area contributed by atoms with Crippen molar-refractivity contribution >= 4 is 16.9 Å². The predicted octanol–water partition coefficient (Wildman–Crippen LogP) is 6.01. The van der Waals surface area contributed by atoms with Gasteiger partial charge in [0, 0.05) is 12.5 Å². The maximum absolute atomic E-state index is 5.97. The molecule has 1 aromatic carbocycles. The Kier molecular flexibility index (Phi) is 5.94. The lowest BCUT2D eigenvalue weighted by atomic mass is 9.78. The van der Waals surface area contributed by atoms with E-state index in [9.17, 15) is 0 Å². The van der Waals surface area contributed by atoms with Gasteiger partial charge < -0.3 is 14.6 Å². The number of fused-ring (bicyclic) bond motifs is 1. The van der Waals surface area contributed by atoms with Crippen molar-refractivity contribution in [2.45, 2.75) is 71.3 Å². The molecule has 5 rings (SSSR count). The smallest absolute Gasteiger partial charge is 0.194 e. The van der Waals surface area contributed by atoms with Crippen LogP contribution in [0.3, 0.4) is 0 Å². The quantitative estimate of drug-likeness (QED) is 0.591. The number of nitrogens with one attached hydrogen (secondary N) is 1. The standard InChI is InChI=1S/C28H38N4O/c1-27(2)19-33-26(31-27)28(3,4)22-11-9-20(10-12-22)13-16-32-17-14-21(15-18-32)25-29-23-7-5-6-8-24(23)30-25/h5-9,11,21H,10,12-19H2,1-4H3,(H,29,30). The molecule has 1 fully saturated rings. The number of rotatable bonds is 6. The van der Waals surface area contributed by atoms with Crippen LogP contribution in [-0.4, -0.2) is 52.5 Å². The molecule has 33 heavy (non-hydrogen) atoms. The van der Waals surface area contributed by atoms with E-state index < -0.39 is 0 Å². The maximum atomic E-state index is 5.97. The van der Waals surface area contributed by atoms with Crippen molar-refractivity contribution in [1.29, 1.82) is 0 Å². The number of likely N-dealkylation sites (tertiary alicyclic amines) is 1. The van der Waals surface area contributed by atoms with Crippen molar-refractivity contribution in [2.75, 3.05) is 26.2 Å². The van der Waals surface area contributed by atoms with Gasteiger partial charge in [0.25, 0.3) is 0 Å². The first-order valence-corrected chi connectivity index (χ1v) is 12.6. The third kappa shape index (κ3) is 4.79. The van der Waals surface area contributed by atoms with Crippen molar-refractivity contribution in [3.8, 4) is 0 Å². The minimum Gasteiger partial charge on any atom is -0.478 e. The summed E-state index contributed by atoms with van der Waals surface area (Å²) >= 11 is 0. The largest absolute Gasteiger partial charge is 0.478 e. The summed E-state index contributed by atoms with van der Waals surface area (Å²) in [5.41, 5.74) is 5.04. The fourth-order valence-corrected chi connectivity index (χ4v) is 5.35. The van der Waals surface area contributed by atoms with Crippen LogP contribution >= 0.6 is 0 Å². The average molecular weight is 447 g/mol. The van der Waals surface area contributed by atoms with Crippen LogP contribution in [0.1, 0.15) is 71.5 Å². The summed E-state index contributed by atoms with van der Waals surface area (Å²) in [4.78, 5) is 15.9. The van der Waals surface area contributed by atoms with E-state index in [4.69, 9.17) is 14.7 Å². The highest BCUT2D eigenvalue weighted by molar-refractivity contribution is 5.87. The Bertz CT molecular complexity index is 1060. The summed E-state index contributed by atoms with van der Waals surface area (Å²) in [6, 6.07) is 8.35. The summed E-state index contributed by atoms with van der Waals surface area (Å²) < 4.78 is 5.97. The molecule has 0 amide bonds. The average Bonchev–Trinajstić information content (AvgIpc) is 3.41. The van der Waals surface area contributed by atoms with E-state index in [0.717, 1.165) is 49.4 Å². The highest BCUT2D eigenvalue weighted by Gasteiger charge is 2.38. The second-order valence-electron chi connectivity index (χ2n) is 11.2. The van der Waals surface area contributed by atoms with E-state index >= 15 is 0 Å². The van der Waals surface area contributed by atoms with Crippen LogP contribution in [0.5, 0.6) is 0 Å². The van der Waals surface area contributed by atoms with Crippen molar-refractivity contribution < 1.29 is 4.74 Å². The van der Waals surface area contributed by atoms with Crippen molar-refractivity contribution in [1.82, 2.24) is 14.9 Å². The molecule has 1 saturated heterocycles. The Morgan fingerprint density at radius 2 is 1.91 bits per heavy atom. The monoisotopic (exact) mass is 446 g/mol. The summed E-state index contributed by atoms with van der Waals surface area (Å²) in [5, 5.41) is 0. The Labute approximate surface area is 198 Å². The Hall–Kier alpha value is -2.40. The van der Waals surface area contributed by atoms with Crippen LogP contribution < -0.4 is 0 Å². The fourth-order valence-electron chi connectivity index (χ4n) is 5.35. The molecular formula is C28H38N4O. The van der Waals surface area contributed by atoms with Gasteiger partial charge in [-0.3, -0.25) is 0 Å². The van der Waals surface area contributed by atoms with E-state index in [-0.39, 0.29) is 11.0 Å². The molecule has 0 atom stereocenters. The van der Waals surface area contributed by atoms with Crippen LogP contribution in [0.15, 0.2) is 52.6 Å². The number of para-hydroxylation sites is 2. The van der Waals surface area contributed by atoms with Gasteiger partial charge in [0.2, 0.25) is 0 Å². The Morgan fingerprint density at radius 3 is 2.58 bits per heavy atom. The summed E-state index contributed by atoms with van der Waals surface area (Å²) in [5.74, 6) is 2.63. The van der Waals surface area contributed by atoms with Crippen molar-refractivity contribution in [3.05, 3.63) is 53.4 Å². The normalized spacial score (nSPS) is 22.1. The first-order valence-electron chi connectivity index (χ1n) is 12.6. The second kappa shape index (κ2) is 8.75. The lowest BCUT2D eigenvalue weighted by Gasteiger charge is -2.32. The van der Waals surface area contributed by atoms with Gasteiger partial charge in [0.1, 0.15) is 12.4 Å². The highest BCUT2D eigenvalue weighted by Crippen LogP contribution is 2.39. The first-order chi connectivity index (χ1) is 15.8. The minimum absolute atomic E-state index is 0.0965. The lowest BCUT2D eigenvalue weighted by Crippen LogP contribution is -2.34. The number of nitrogens with zero attached hydrogens (tertiary/aromatic N) is 3. The number of piperidine rings is 1. The number of ether oxygens (including phenoxy) is 1. The molecule has 176 valence electrons. The van der Waals surface area contributed by atoms with E-state index in [1.165, 1.54) is 30.7 Å². The molecule has 1 aromatic heterocycles. The zero-order chi connectivity index (χ0) is 23.1. The molecule has 0 saturated carbocycles. The van der Waals surface area contributed by atoms with Gasteiger partial charge in [-0.05, 0) is 85.0 Å². The molecule has 5 nitrogen and oxygen atoms in total. The molecule has 1 N–H and O–H groups in total. The molecular weight excluding hydrogens is 408 g/mol. The van der Waals surface area contributed by atoms with Gasteiger partial charge in [0.15, 0.2) is 5.90 Å². The zero-order valence-electron chi connectivity index (χ0n) is 20.7.